The summed E-state index contributed by atoms with van der Waals surface area (Å²) in [4.78, 5) is 23.2. The molecule has 0 saturated carbocycles. The zero-order valence-corrected chi connectivity index (χ0v) is 33.9. The van der Waals surface area contributed by atoms with Crippen LogP contribution in [-0.4, -0.2) is 78.0 Å². The summed E-state index contributed by atoms with van der Waals surface area (Å²) < 4.78 is 23.3. The lowest BCUT2D eigenvalue weighted by Gasteiger charge is -2.33. The summed E-state index contributed by atoms with van der Waals surface area (Å²) in [7, 11) is -2.10. The Morgan fingerprint density at radius 3 is 2.13 bits per heavy atom. The molecule has 1 fully saturated rings. The fourth-order valence-electron chi connectivity index (χ4n) is 7.01. The third-order valence-electron chi connectivity index (χ3n) is 9.85. The van der Waals surface area contributed by atoms with Crippen LogP contribution in [0.2, 0.25) is 10.3 Å². The lowest BCUT2D eigenvalue weighted by Crippen LogP contribution is -2.50. The first kappa shape index (κ1) is 40.1. The number of pyridine rings is 2. The monoisotopic (exact) mass is 802 g/mol. The van der Waals surface area contributed by atoms with Crippen LogP contribution in [0.5, 0.6) is 0 Å². The van der Waals surface area contributed by atoms with E-state index in [0.717, 1.165) is 52.6 Å². The van der Waals surface area contributed by atoms with Crippen molar-refractivity contribution < 1.29 is 18.3 Å². The van der Waals surface area contributed by atoms with Crippen LogP contribution in [0.25, 0.3) is 32.6 Å². The molecule has 4 atom stereocenters. The van der Waals surface area contributed by atoms with E-state index >= 15 is 0 Å². The summed E-state index contributed by atoms with van der Waals surface area (Å²) in [5, 5.41) is 19.7. The van der Waals surface area contributed by atoms with Gasteiger partial charge in [-0.25, -0.2) is 9.97 Å². The minimum Gasteiger partial charge on any atom is -0.390 e. The maximum Gasteiger partial charge on any atom is 0.153 e. The molecule has 0 radical (unpaired) electrons. The van der Waals surface area contributed by atoms with Gasteiger partial charge < -0.3 is 10.4 Å². The van der Waals surface area contributed by atoms with Gasteiger partial charge in [-0.2, -0.15) is 0 Å². The van der Waals surface area contributed by atoms with Crippen LogP contribution in [0.4, 0.5) is 0 Å². The summed E-state index contributed by atoms with van der Waals surface area (Å²) in [5.74, 6) is 0. The highest BCUT2D eigenvalue weighted by atomic mass is 35.5. The van der Waals surface area contributed by atoms with Gasteiger partial charge in [0, 0.05) is 84.9 Å². The Morgan fingerprint density at radius 1 is 0.852 bits per heavy atom. The number of benzene rings is 4. The number of fused-ring (bicyclic) bond motifs is 3. The number of rotatable bonds is 11. The number of β-amino-alcohol motifs (C(OH)–C–C–N with tert-alkyl or cyclic N) is 1. The van der Waals surface area contributed by atoms with Gasteiger partial charge >= 0.3 is 0 Å². The van der Waals surface area contributed by atoms with Gasteiger partial charge in [0.15, 0.2) is 6.29 Å². The quantitative estimate of drug-likeness (QED) is 0.0998. The molecule has 0 aliphatic carbocycles. The maximum atomic E-state index is 11.9. The Balaban J connectivity index is 0.000000259. The van der Waals surface area contributed by atoms with E-state index in [9.17, 15) is 18.3 Å². The van der Waals surface area contributed by atoms with Crippen LogP contribution < -0.4 is 5.32 Å². The third-order valence-corrected chi connectivity index (χ3v) is 12.3. The number of nitrogens with one attached hydrogen (secondary N) is 1. The Kier molecular flexibility index (Phi) is 13.0. The largest absolute Gasteiger partial charge is 0.390 e. The van der Waals surface area contributed by atoms with E-state index in [4.69, 9.17) is 23.2 Å². The number of hydrogen-bond acceptors (Lipinski definition) is 8. The van der Waals surface area contributed by atoms with Crippen LogP contribution in [0, 0.1) is 0 Å². The van der Waals surface area contributed by atoms with Crippen molar-refractivity contribution >= 4 is 83.7 Å². The van der Waals surface area contributed by atoms with Crippen molar-refractivity contribution in [2.75, 3.05) is 25.6 Å². The van der Waals surface area contributed by atoms with E-state index in [1.165, 1.54) is 16.3 Å². The van der Waals surface area contributed by atoms with Gasteiger partial charge in [-0.15, -0.1) is 0 Å². The molecule has 1 aliphatic rings. The van der Waals surface area contributed by atoms with E-state index in [2.05, 4.69) is 76.5 Å². The zero-order chi connectivity index (χ0) is 38.6. The van der Waals surface area contributed by atoms with Crippen molar-refractivity contribution in [3.63, 3.8) is 0 Å². The van der Waals surface area contributed by atoms with Gasteiger partial charge in [0.1, 0.15) is 10.3 Å². The number of likely N-dealkylation sites (tertiary alicyclic amines) is 1. The molecule has 0 amide bonds. The molecule has 6 aromatic rings. The predicted octanol–water partition coefficient (Wildman–Crippen LogP) is 8.15. The molecule has 8 nitrogen and oxygen atoms in total. The fraction of sp³-hybridized carbons (Fsp3) is 0.310. The van der Waals surface area contributed by atoms with Crippen molar-refractivity contribution in [2.24, 2.45) is 0 Å². The van der Waals surface area contributed by atoms with Gasteiger partial charge in [0.05, 0.1) is 22.7 Å². The highest BCUT2D eigenvalue weighted by Crippen LogP contribution is 2.29. The standard InChI is InChI=1S/C31H36ClN3O2S.C11H8ClNO2S/c1-31(2,18-21-10-11-22-7-4-5-8-23(22)15-21)33-19-29(36)28-9-6-14-35(28)20-25-16-24-17-26(38(3)37)12-13-27(24)34-30(25)32;1-16(15)9-2-3-10-7(5-9)4-8(6-14)11(12)13-10/h4-5,7-8,10-13,15-17,28-29,33,36H,6,9,14,18-20H2,1-3H3;2-6H,1H3/t28-,29-,38?;/m1./s1. The molecule has 12 heteroatoms. The minimum atomic E-state index is -1.05. The number of aldehydes is 1. The van der Waals surface area contributed by atoms with E-state index in [-0.39, 0.29) is 16.7 Å². The average molecular weight is 804 g/mol. The normalized spacial score (nSPS) is 16.6. The minimum absolute atomic E-state index is 0.0558. The fourth-order valence-corrected chi connectivity index (χ4v) is 8.52. The van der Waals surface area contributed by atoms with Crippen molar-refractivity contribution in [3.8, 4) is 0 Å². The summed E-state index contributed by atoms with van der Waals surface area (Å²) in [6.07, 6.45) is 6.32. The van der Waals surface area contributed by atoms with Crippen molar-refractivity contribution in [1.82, 2.24) is 20.2 Å². The average Bonchev–Trinajstić information content (AvgIpc) is 3.61. The second kappa shape index (κ2) is 17.5. The molecule has 282 valence electrons. The molecular weight excluding hydrogens is 760 g/mol. The van der Waals surface area contributed by atoms with E-state index in [0.29, 0.717) is 40.5 Å². The molecule has 1 aliphatic heterocycles. The molecule has 0 bridgehead atoms. The number of carbonyl (C=O) groups excluding carboxylic acids is 1. The van der Waals surface area contributed by atoms with Gasteiger partial charge in [-0.05, 0) is 105 Å². The van der Waals surface area contributed by atoms with Crippen LogP contribution >= 0.6 is 23.2 Å². The first-order valence-electron chi connectivity index (χ1n) is 17.8. The summed E-state index contributed by atoms with van der Waals surface area (Å²) in [6, 6.07) is 29.7. The summed E-state index contributed by atoms with van der Waals surface area (Å²) in [6.45, 7) is 6.45. The maximum absolute atomic E-state index is 11.9. The zero-order valence-electron chi connectivity index (χ0n) is 30.7. The Labute approximate surface area is 331 Å². The molecule has 3 heterocycles. The second-order valence-corrected chi connectivity index (χ2v) is 17.9. The lowest BCUT2D eigenvalue weighted by molar-refractivity contribution is 0.0633. The molecule has 7 rings (SSSR count). The number of carbonyl (C=O) groups is 1. The van der Waals surface area contributed by atoms with Gasteiger partial charge in [0.2, 0.25) is 0 Å². The Morgan fingerprint density at radius 2 is 1.48 bits per heavy atom. The predicted molar refractivity (Wildman–Crippen MR) is 223 cm³/mol. The van der Waals surface area contributed by atoms with Crippen LogP contribution in [0.1, 0.15) is 48.2 Å². The van der Waals surface area contributed by atoms with Crippen LogP contribution in [0.3, 0.4) is 0 Å². The van der Waals surface area contributed by atoms with E-state index < -0.39 is 27.7 Å². The first-order chi connectivity index (χ1) is 25.8. The molecule has 2 N–H and O–H groups in total. The molecule has 2 aromatic heterocycles. The smallest absolute Gasteiger partial charge is 0.153 e. The number of aromatic nitrogens is 2. The van der Waals surface area contributed by atoms with Crippen LogP contribution in [0.15, 0.2) is 101 Å². The molecule has 0 spiro atoms. The van der Waals surface area contributed by atoms with Crippen molar-refractivity contribution in [1.29, 1.82) is 0 Å². The van der Waals surface area contributed by atoms with Crippen LogP contribution in [-0.2, 0) is 34.6 Å². The Bertz CT molecular complexity index is 2370. The number of aliphatic hydroxyl groups excluding tert-OH is 1. The topological polar surface area (TPSA) is 112 Å². The molecular formula is C42H44Cl2N4O4S2. The number of nitrogens with zero attached hydrogens (tertiary/aromatic N) is 3. The summed E-state index contributed by atoms with van der Waals surface area (Å²) in [5.41, 5.74) is 3.88. The van der Waals surface area contributed by atoms with E-state index in [1.54, 1.807) is 36.8 Å². The molecule has 1 saturated heterocycles. The number of halogens is 2. The summed E-state index contributed by atoms with van der Waals surface area (Å²) >= 11 is 12.4. The highest BCUT2D eigenvalue weighted by molar-refractivity contribution is 7.84. The second-order valence-electron chi connectivity index (χ2n) is 14.4. The SMILES string of the molecule is CS(=O)c1ccc2nc(Cl)c(C=O)cc2c1.CS(=O)c1ccc2nc(Cl)c(CN3CCC[C@@H]3[C@H](O)CNC(C)(C)Cc3ccc4ccccc4c3)cc2c1. The van der Waals surface area contributed by atoms with Gasteiger partial charge in [-0.3, -0.25) is 18.1 Å². The van der Waals surface area contributed by atoms with E-state index in [1.807, 2.05) is 24.3 Å². The van der Waals surface area contributed by atoms with Gasteiger partial charge in [0.25, 0.3) is 0 Å². The van der Waals surface area contributed by atoms with Crippen molar-refractivity contribution in [3.05, 3.63) is 118 Å². The molecule has 4 aromatic carbocycles. The van der Waals surface area contributed by atoms with Crippen molar-refractivity contribution in [2.45, 2.75) is 67.1 Å². The lowest BCUT2D eigenvalue weighted by atomic mass is 9.93. The van der Waals surface area contributed by atoms with Gasteiger partial charge in [-0.1, -0.05) is 65.7 Å². The Hall–Kier alpha value is -3.61. The molecule has 54 heavy (non-hydrogen) atoms. The third kappa shape index (κ3) is 9.78. The highest BCUT2D eigenvalue weighted by Gasteiger charge is 2.32. The molecule has 2 unspecified atom stereocenters. The number of aliphatic hydroxyl groups is 1. The first-order valence-corrected chi connectivity index (χ1v) is 21.6. The number of hydrogen-bond donors (Lipinski definition) is 2.